The predicted octanol–water partition coefficient (Wildman–Crippen LogP) is 3.08. The van der Waals surface area contributed by atoms with Gasteiger partial charge in [0.05, 0.1) is 18.8 Å². The van der Waals surface area contributed by atoms with Crippen molar-refractivity contribution < 1.29 is 19.3 Å². The highest BCUT2D eigenvalue weighted by Gasteiger charge is 2.41. The van der Waals surface area contributed by atoms with Crippen LogP contribution in [0.2, 0.25) is 0 Å². The molecule has 1 aliphatic heterocycles. The molecule has 0 saturated carbocycles. The Morgan fingerprint density at radius 3 is 2.70 bits per heavy atom. The predicted molar refractivity (Wildman–Crippen MR) is 77.3 cm³/mol. The summed E-state index contributed by atoms with van der Waals surface area (Å²) in [6, 6.07) is 5.54. The number of hydrogen-bond acceptors (Lipinski definition) is 4. The molecule has 0 radical (unpaired) electrons. The van der Waals surface area contributed by atoms with Gasteiger partial charge in [-0.25, -0.2) is 0 Å². The molecular weight excluding hydrogens is 256 g/mol. The van der Waals surface area contributed by atoms with Crippen LogP contribution in [0.3, 0.4) is 0 Å². The third-order valence-electron chi connectivity index (χ3n) is 3.91. The Hall–Kier alpha value is -1.26. The van der Waals surface area contributed by atoms with Crippen molar-refractivity contribution in [3.8, 4) is 11.5 Å². The first kappa shape index (κ1) is 15.1. The van der Waals surface area contributed by atoms with Crippen molar-refractivity contribution in [1.82, 2.24) is 0 Å². The van der Waals surface area contributed by atoms with E-state index < -0.39 is 11.7 Å². The molecule has 112 valence electrons. The first-order chi connectivity index (χ1) is 9.28. The summed E-state index contributed by atoms with van der Waals surface area (Å²) in [5.74, 6) is 1.45. The van der Waals surface area contributed by atoms with Crippen molar-refractivity contribution >= 4 is 0 Å². The standard InChI is InChI=1S/C16H24O4/c1-15(2,19-5)10-16(3)9-13(17)12-8-11(18-4)6-7-14(12)20-16/h6-8,13,17H,9-10H2,1-5H3/t13-,16?/m1/s1. The summed E-state index contributed by atoms with van der Waals surface area (Å²) in [7, 11) is 3.31. The molecule has 0 spiro atoms. The second-order valence-corrected chi connectivity index (χ2v) is 6.32. The van der Waals surface area contributed by atoms with E-state index in [0.717, 1.165) is 17.1 Å². The lowest BCUT2D eigenvalue weighted by Crippen LogP contribution is -2.44. The smallest absolute Gasteiger partial charge is 0.126 e. The summed E-state index contributed by atoms with van der Waals surface area (Å²) in [6.45, 7) is 6.07. The summed E-state index contributed by atoms with van der Waals surface area (Å²) in [4.78, 5) is 0. The summed E-state index contributed by atoms with van der Waals surface area (Å²) in [6.07, 6.45) is 0.699. The Balaban J connectivity index is 2.27. The molecule has 0 amide bonds. The molecule has 0 saturated heterocycles. The topological polar surface area (TPSA) is 47.9 Å². The van der Waals surface area contributed by atoms with Gasteiger partial charge in [-0.2, -0.15) is 0 Å². The molecule has 1 aliphatic rings. The highest BCUT2D eigenvalue weighted by atomic mass is 16.5. The highest BCUT2D eigenvalue weighted by molar-refractivity contribution is 5.43. The van der Waals surface area contributed by atoms with Gasteiger partial charge in [0.2, 0.25) is 0 Å². The average molecular weight is 280 g/mol. The lowest BCUT2D eigenvalue weighted by molar-refractivity contribution is -0.0747. The minimum absolute atomic E-state index is 0.293. The fourth-order valence-electron chi connectivity index (χ4n) is 2.91. The van der Waals surface area contributed by atoms with Crippen LogP contribution in [0.5, 0.6) is 11.5 Å². The van der Waals surface area contributed by atoms with Crippen LogP contribution in [-0.4, -0.2) is 30.5 Å². The van der Waals surface area contributed by atoms with Crippen LogP contribution < -0.4 is 9.47 Å². The molecule has 4 nitrogen and oxygen atoms in total. The molecule has 1 heterocycles. The summed E-state index contributed by atoms with van der Waals surface area (Å²) in [5, 5.41) is 10.4. The van der Waals surface area contributed by atoms with Gasteiger partial charge < -0.3 is 19.3 Å². The molecule has 0 aromatic heterocycles. The minimum atomic E-state index is -0.550. The molecule has 1 N–H and O–H groups in total. The lowest BCUT2D eigenvalue weighted by atomic mass is 9.82. The third-order valence-corrected chi connectivity index (χ3v) is 3.91. The number of hydrogen-bond donors (Lipinski definition) is 1. The molecule has 2 rings (SSSR count). The molecule has 0 aliphatic carbocycles. The van der Waals surface area contributed by atoms with Crippen LogP contribution in [0.1, 0.15) is 45.3 Å². The van der Waals surface area contributed by atoms with Crippen molar-refractivity contribution in [1.29, 1.82) is 0 Å². The van der Waals surface area contributed by atoms with Gasteiger partial charge in [-0.1, -0.05) is 0 Å². The quantitative estimate of drug-likeness (QED) is 0.920. The SMILES string of the molecule is COc1ccc2c(c1)[C@H](O)CC(C)(CC(C)(C)OC)O2. The van der Waals surface area contributed by atoms with E-state index in [0.29, 0.717) is 12.8 Å². The number of ether oxygens (including phenoxy) is 3. The molecule has 1 aromatic rings. The monoisotopic (exact) mass is 280 g/mol. The van der Waals surface area contributed by atoms with E-state index in [1.165, 1.54) is 0 Å². The van der Waals surface area contributed by atoms with E-state index in [4.69, 9.17) is 14.2 Å². The van der Waals surface area contributed by atoms with Gasteiger partial charge in [0.25, 0.3) is 0 Å². The van der Waals surface area contributed by atoms with E-state index >= 15 is 0 Å². The first-order valence-corrected chi connectivity index (χ1v) is 6.89. The Labute approximate surface area is 120 Å². The van der Waals surface area contributed by atoms with Gasteiger partial charge in [-0.05, 0) is 39.0 Å². The van der Waals surface area contributed by atoms with Crippen LogP contribution in [0.25, 0.3) is 0 Å². The van der Waals surface area contributed by atoms with Crippen molar-refractivity contribution in [2.45, 2.75) is 50.9 Å². The van der Waals surface area contributed by atoms with E-state index in [1.54, 1.807) is 14.2 Å². The maximum atomic E-state index is 10.4. The van der Waals surface area contributed by atoms with Gasteiger partial charge in [-0.15, -0.1) is 0 Å². The average Bonchev–Trinajstić information content (AvgIpc) is 2.37. The number of methoxy groups -OCH3 is 2. The lowest BCUT2D eigenvalue weighted by Gasteiger charge is -2.42. The van der Waals surface area contributed by atoms with Crippen LogP contribution in [0, 0.1) is 0 Å². The Morgan fingerprint density at radius 1 is 1.40 bits per heavy atom. The second kappa shape index (κ2) is 5.26. The number of aliphatic hydroxyl groups is 1. The van der Waals surface area contributed by atoms with Crippen LogP contribution in [0.4, 0.5) is 0 Å². The van der Waals surface area contributed by atoms with Gasteiger partial charge in [0, 0.05) is 25.5 Å². The van der Waals surface area contributed by atoms with E-state index in [-0.39, 0.29) is 5.60 Å². The molecule has 0 fully saturated rings. The summed E-state index contributed by atoms with van der Waals surface area (Å²) in [5.41, 5.74) is 0.0518. The van der Waals surface area contributed by atoms with Gasteiger partial charge >= 0.3 is 0 Å². The first-order valence-electron chi connectivity index (χ1n) is 6.89. The maximum absolute atomic E-state index is 10.4. The van der Waals surface area contributed by atoms with Gasteiger partial charge in [0.15, 0.2) is 0 Å². The molecule has 2 atom stereocenters. The number of fused-ring (bicyclic) bond motifs is 1. The number of aliphatic hydroxyl groups excluding tert-OH is 1. The highest BCUT2D eigenvalue weighted by Crippen LogP contribution is 2.44. The zero-order chi connectivity index (χ0) is 15.0. The van der Waals surface area contributed by atoms with E-state index in [1.807, 2.05) is 39.0 Å². The van der Waals surface area contributed by atoms with Crippen molar-refractivity contribution in [3.63, 3.8) is 0 Å². The number of benzene rings is 1. The third kappa shape index (κ3) is 3.07. The van der Waals surface area contributed by atoms with Gasteiger partial charge in [0.1, 0.15) is 17.1 Å². The Kier molecular flexibility index (Phi) is 3.98. The van der Waals surface area contributed by atoms with E-state index in [2.05, 4.69) is 0 Å². The van der Waals surface area contributed by atoms with Crippen LogP contribution >= 0.6 is 0 Å². The summed E-state index contributed by atoms with van der Waals surface area (Å²) < 4.78 is 16.8. The summed E-state index contributed by atoms with van der Waals surface area (Å²) >= 11 is 0. The second-order valence-electron chi connectivity index (χ2n) is 6.32. The maximum Gasteiger partial charge on any atom is 0.126 e. The normalized spacial score (nSPS) is 25.8. The van der Waals surface area contributed by atoms with Crippen molar-refractivity contribution in [2.24, 2.45) is 0 Å². The number of rotatable bonds is 4. The van der Waals surface area contributed by atoms with Crippen molar-refractivity contribution in [3.05, 3.63) is 23.8 Å². The minimum Gasteiger partial charge on any atom is -0.497 e. The zero-order valence-electron chi connectivity index (χ0n) is 12.9. The molecule has 0 bridgehead atoms. The van der Waals surface area contributed by atoms with Crippen molar-refractivity contribution in [2.75, 3.05) is 14.2 Å². The molecule has 4 heteroatoms. The Morgan fingerprint density at radius 2 is 2.10 bits per heavy atom. The van der Waals surface area contributed by atoms with E-state index in [9.17, 15) is 5.11 Å². The Bertz CT molecular complexity index is 483. The fourth-order valence-corrected chi connectivity index (χ4v) is 2.91. The van der Waals surface area contributed by atoms with Crippen LogP contribution in [0.15, 0.2) is 18.2 Å². The molecule has 1 unspecified atom stereocenters. The largest absolute Gasteiger partial charge is 0.497 e. The fraction of sp³-hybridized carbons (Fsp3) is 0.625. The zero-order valence-corrected chi connectivity index (χ0v) is 12.9. The molecular formula is C16H24O4. The molecule has 1 aromatic carbocycles. The van der Waals surface area contributed by atoms with Crippen LogP contribution in [-0.2, 0) is 4.74 Å². The van der Waals surface area contributed by atoms with Gasteiger partial charge in [-0.3, -0.25) is 0 Å². The molecule has 20 heavy (non-hydrogen) atoms.